The summed E-state index contributed by atoms with van der Waals surface area (Å²) in [4.78, 5) is 24.1. The van der Waals surface area contributed by atoms with E-state index in [-0.39, 0.29) is 18.4 Å². The van der Waals surface area contributed by atoms with Crippen molar-refractivity contribution in [2.75, 3.05) is 7.11 Å². The fourth-order valence-electron chi connectivity index (χ4n) is 4.22. The molecule has 4 unspecified atom stereocenters. The van der Waals surface area contributed by atoms with Gasteiger partial charge in [0.15, 0.2) is 16.5 Å². The number of furan rings is 2. The molecule has 2 aromatic heterocycles. The van der Waals surface area contributed by atoms with Crippen LogP contribution >= 0.6 is 15.9 Å². The predicted octanol–water partition coefficient (Wildman–Crippen LogP) is 6.69. The number of carbonyl (C=O) groups is 2. The molecule has 0 saturated carbocycles. The second-order valence-electron chi connectivity index (χ2n) is 10.5. The van der Waals surface area contributed by atoms with Gasteiger partial charge in [0.1, 0.15) is 11.5 Å². The van der Waals surface area contributed by atoms with E-state index < -0.39 is 24.2 Å². The number of hydrogen-bond donors (Lipinski definition) is 2. The van der Waals surface area contributed by atoms with Gasteiger partial charge >= 0.3 is 11.9 Å². The topological polar surface area (TPSA) is 119 Å². The molecular weight excluding hydrogens is 604 g/mol. The van der Waals surface area contributed by atoms with Gasteiger partial charge in [0, 0.05) is 25.7 Å². The molecule has 0 spiro atoms. The predicted molar refractivity (Wildman–Crippen MR) is 163 cm³/mol. The van der Waals surface area contributed by atoms with Crippen molar-refractivity contribution in [1.82, 2.24) is 0 Å². The Morgan fingerprint density at radius 1 is 0.976 bits per heavy atom. The molecule has 9 heteroatoms. The molecule has 0 fully saturated rings. The van der Waals surface area contributed by atoms with Gasteiger partial charge in [0.2, 0.25) is 0 Å². The zero-order chi connectivity index (χ0) is 30.7. The highest BCUT2D eigenvalue weighted by Gasteiger charge is 2.20. The van der Waals surface area contributed by atoms with Gasteiger partial charge in [-0.25, -0.2) is 0 Å². The molecule has 0 radical (unpaired) electrons. The Hall–Kier alpha value is -2.80. The largest absolute Gasteiger partial charge is 0.469 e. The Bertz CT molecular complexity index is 1150. The molecule has 2 heterocycles. The van der Waals surface area contributed by atoms with Crippen molar-refractivity contribution in [2.45, 2.75) is 109 Å². The van der Waals surface area contributed by atoms with Crippen LogP contribution in [-0.4, -0.2) is 47.6 Å². The molecule has 2 N–H and O–H groups in total. The van der Waals surface area contributed by atoms with Crippen molar-refractivity contribution in [1.29, 1.82) is 0 Å². The van der Waals surface area contributed by atoms with E-state index in [4.69, 9.17) is 13.6 Å². The second kappa shape index (κ2) is 20.2. The zero-order valence-corrected chi connectivity index (χ0v) is 26.6. The lowest BCUT2D eigenvalue weighted by Crippen LogP contribution is -2.23. The highest BCUT2D eigenvalue weighted by atomic mass is 79.9. The Labute approximate surface area is 258 Å². The summed E-state index contributed by atoms with van der Waals surface area (Å²) < 4.78 is 22.2. The molecule has 0 aliphatic rings. The van der Waals surface area contributed by atoms with Gasteiger partial charge in [0.25, 0.3) is 0 Å². The molecule has 0 aliphatic heterocycles. The van der Waals surface area contributed by atoms with Crippen molar-refractivity contribution < 1.29 is 38.1 Å². The smallest absolute Gasteiger partial charge is 0.309 e. The molecule has 232 valence electrons. The first-order chi connectivity index (χ1) is 20.2. The van der Waals surface area contributed by atoms with E-state index in [0.717, 1.165) is 19.3 Å². The number of aliphatic hydroxyl groups excluding tert-OH is 2. The summed E-state index contributed by atoms with van der Waals surface area (Å²) in [6, 6.07) is 7.08. The van der Waals surface area contributed by atoms with E-state index in [2.05, 4.69) is 45.5 Å². The fourth-order valence-corrected chi connectivity index (χ4v) is 4.56. The standard InChI is InChI=1S/C33H45BrO8/c1-4-5-6-7-8-9-12-27(42-33(38)24(2)14-15-26(36)23-30-20-21-31(34)41-30)16-17-28-18-19-29(40-28)22-25(35)11-10-13-32(37)39-3/h8-9,18-21,24-27,35-36H,4-7,10-15,22-23H2,1-3H3/b9-8-. The summed E-state index contributed by atoms with van der Waals surface area (Å²) in [5.41, 5.74) is 0. The number of methoxy groups -OCH3 is 1. The van der Waals surface area contributed by atoms with Crippen molar-refractivity contribution >= 4 is 27.9 Å². The molecular formula is C33H45BrO8. The zero-order valence-electron chi connectivity index (χ0n) is 25.0. The summed E-state index contributed by atoms with van der Waals surface area (Å²) in [6.45, 7) is 3.95. The van der Waals surface area contributed by atoms with E-state index in [1.807, 2.05) is 12.1 Å². The SMILES string of the molecule is CCCCC/C=C\CC(C#Cc1ccc(CC(O)CCCC(=O)OC)o1)OC(=O)C(C)CCC(O)Cc1ccc(Br)o1. The van der Waals surface area contributed by atoms with Crippen LogP contribution in [-0.2, 0) is 31.9 Å². The lowest BCUT2D eigenvalue weighted by atomic mass is 10.0. The van der Waals surface area contributed by atoms with Gasteiger partial charge in [-0.1, -0.05) is 38.8 Å². The molecule has 8 nitrogen and oxygen atoms in total. The Morgan fingerprint density at radius 2 is 1.69 bits per heavy atom. The molecule has 2 aromatic rings. The van der Waals surface area contributed by atoms with Gasteiger partial charge in [0.05, 0.1) is 25.2 Å². The number of rotatable bonds is 19. The molecule has 0 aliphatic carbocycles. The first-order valence-corrected chi connectivity index (χ1v) is 15.6. The average Bonchev–Trinajstić information content (AvgIpc) is 3.59. The van der Waals surface area contributed by atoms with E-state index in [0.29, 0.717) is 66.9 Å². The first-order valence-electron chi connectivity index (χ1n) is 14.8. The van der Waals surface area contributed by atoms with Gasteiger partial charge in [-0.3, -0.25) is 9.59 Å². The highest BCUT2D eigenvalue weighted by molar-refractivity contribution is 9.10. The van der Waals surface area contributed by atoms with Gasteiger partial charge < -0.3 is 28.5 Å². The van der Waals surface area contributed by atoms with Gasteiger partial charge in [-0.15, -0.1) is 0 Å². The van der Waals surface area contributed by atoms with Crippen molar-refractivity contribution in [3.63, 3.8) is 0 Å². The maximum absolute atomic E-state index is 12.9. The van der Waals surface area contributed by atoms with E-state index in [1.54, 1.807) is 25.1 Å². The first kappa shape index (κ1) is 35.4. The minimum Gasteiger partial charge on any atom is -0.469 e. The third-order valence-corrected chi connectivity index (χ3v) is 7.18. The van der Waals surface area contributed by atoms with E-state index in [1.165, 1.54) is 13.5 Å². The van der Waals surface area contributed by atoms with Crippen LogP contribution in [0.15, 0.2) is 49.9 Å². The van der Waals surface area contributed by atoms with E-state index >= 15 is 0 Å². The van der Waals surface area contributed by atoms with Crippen LogP contribution in [0.25, 0.3) is 0 Å². The maximum Gasteiger partial charge on any atom is 0.309 e. The third kappa shape index (κ3) is 14.9. The number of halogens is 1. The number of carbonyl (C=O) groups excluding carboxylic acids is 2. The molecule has 0 amide bonds. The van der Waals surface area contributed by atoms with Crippen LogP contribution in [0.4, 0.5) is 0 Å². The molecule has 0 bridgehead atoms. The monoisotopic (exact) mass is 648 g/mol. The quantitative estimate of drug-likeness (QED) is 0.0748. The number of hydrogen-bond acceptors (Lipinski definition) is 8. The summed E-state index contributed by atoms with van der Waals surface area (Å²) in [5, 5.41) is 20.6. The lowest BCUT2D eigenvalue weighted by Gasteiger charge is -2.16. The van der Waals surface area contributed by atoms with Gasteiger partial charge in [-0.2, -0.15) is 0 Å². The van der Waals surface area contributed by atoms with Crippen LogP contribution < -0.4 is 0 Å². The van der Waals surface area contributed by atoms with Crippen LogP contribution in [0.5, 0.6) is 0 Å². The number of ether oxygens (including phenoxy) is 2. The minimum atomic E-state index is -0.648. The average molecular weight is 650 g/mol. The Kier molecular flexibility index (Phi) is 17.0. The summed E-state index contributed by atoms with van der Waals surface area (Å²) in [6.07, 6.45) is 9.87. The number of aliphatic hydroxyl groups is 2. The molecule has 4 atom stereocenters. The highest BCUT2D eigenvalue weighted by Crippen LogP contribution is 2.19. The summed E-state index contributed by atoms with van der Waals surface area (Å²) in [7, 11) is 1.34. The van der Waals surface area contributed by atoms with Crippen molar-refractivity contribution in [2.24, 2.45) is 5.92 Å². The van der Waals surface area contributed by atoms with E-state index in [9.17, 15) is 19.8 Å². The van der Waals surface area contributed by atoms with Crippen molar-refractivity contribution in [3.05, 3.63) is 58.4 Å². The third-order valence-electron chi connectivity index (χ3n) is 6.75. The number of esters is 2. The number of unbranched alkanes of at least 4 members (excludes halogenated alkanes) is 3. The second-order valence-corrected chi connectivity index (χ2v) is 11.3. The normalized spacial score (nSPS) is 14.1. The Morgan fingerprint density at radius 3 is 2.38 bits per heavy atom. The van der Waals surface area contributed by atoms with Crippen LogP contribution in [0.1, 0.15) is 95.3 Å². The molecule has 2 rings (SSSR count). The van der Waals surface area contributed by atoms with Crippen LogP contribution in [0.3, 0.4) is 0 Å². The Balaban J connectivity index is 1.93. The van der Waals surface area contributed by atoms with Crippen LogP contribution in [0, 0.1) is 17.8 Å². The number of allylic oxidation sites excluding steroid dienone is 1. The molecule has 0 saturated heterocycles. The summed E-state index contributed by atoms with van der Waals surface area (Å²) in [5.74, 6) is 6.61. The summed E-state index contributed by atoms with van der Waals surface area (Å²) >= 11 is 3.26. The van der Waals surface area contributed by atoms with Crippen LogP contribution in [0.2, 0.25) is 0 Å². The fraction of sp³-hybridized carbons (Fsp3) is 0.576. The molecule has 42 heavy (non-hydrogen) atoms. The van der Waals surface area contributed by atoms with Gasteiger partial charge in [-0.05, 0) is 90.6 Å². The minimum absolute atomic E-state index is 0.262. The van der Waals surface area contributed by atoms with Crippen molar-refractivity contribution in [3.8, 4) is 11.8 Å². The molecule has 0 aromatic carbocycles. The maximum atomic E-state index is 12.9. The lowest BCUT2D eigenvalue weighted by molar-refractivity contribution is -0.151.